The van der Waals surface area contributed by atoms with Gasteiger partial charge in [-0.25, -0.2) is 0 Å². The first-order valence-corrected chi connectivity index (χ1v) is 18.2. The summed E-state index contributed by atoms with van der Waals surface area (Å²) in [4.78, 5) is 2.53. The maximum absolute atomic E-state index is 2.53. The zero-order valence-corrected chi connectivity index (χ0v) is 28.5. The largest absolute Gasteiger partial charge is 0.333 e. The highest BCUT2D eigenvalue weighted by molar-refractivity contribution is 6.21. The third-order valence-corrected chi connectivity index (χ3v) is 11.3. The molecule has 0 spiro atoms. The van der Waals surface area contributed by atoms with Crippen molar-refractivity contribution in [3.63, 3.8) is 0 Å². The molecule has 0 bridgehead atoms. The van der Waals surface area contributed by atoms with Gasteiger partial charge in [-0.1, -0.05) is 158 Å². The first-order chi connectivity index (χ1) is 25.8. The fourth-order valence-electron chi connectivity index (χ4n) is 9.18. The van der Waals surface area contributed by atoms with Crippen LogP contribution >= 0.6 is 0 Å². The van der Waals surface area contributed by atoms with Gasteiger partial charge in [-0.2, -0.15) is 0 Å². The molecule has 2 heterocycles. The number of fused-ring (bicyclic) bond motifs is 9. The molecule has 0 saturated carbocycles. The maximum atomic E-state index is 2.53. The zero-order valence-electron chi connectivity index (χ0n) is 28.5. The number of nitrogens with zero attached hydrogens (tertiary/aromatic N) is 2. The molecule has 0 fully saturated rings. The van der Waals surface area contributed by atoms with Gasteiger partial charge in [0.2, 0.25) is 0 Å². The number of allylic oxidation sites excluding steroid dienone is 2. The molecule has 2 heteroatoms. The molecule has 0 radical (unpaired) electrons. The van der Waals surface area contributed by atoms with Crippen LogP contribution in [0.25, 0.3) is 71.3 Å². The molecule has 1 aliphatic heterocycles. The minimum absolute atomic E-state index is 0.224. The summed E-state index contributed by atoms with van der Waals surface area (Å²) in [6, 6.07) is 62.6. The quantitative estimate of drug-likeness (QED) is 0.170. The van der Waals surface area contributed by atoms with Crippen molar-refractivity contribution >= 4 is 54.7 Å². The van der Waals surface area contributed by atoms with Crippen LogP contribution in [0.15, 0.2) is 194 Å². The molecule has 2 nitrogen and oxygen atoms in total. The molecule has 244 valence electrons. The van der Waals surface area contributed by atoms with Crippen molar-refractivity contribution in [2.75, 3.05) is 4.90 Å². The standard InChI is InChI=1S/C50H34N2/c1-3-15-33(16-4-1)47-38-20-7-9-22-40(38)48(41-23-10-8-21-39(41)47)34-27-29-36(30-28-34)52-44-25-13-11-19-37(44)42-31-32-46-49(50(42)52)43-24-12-14-26-45(43)51(46)35-17-5-2-6-18-35/h1-32,43,45H. The van der Waals surface area contributed by atoms with Crippen molar-refractivity contribution < 1.29 is 0 Å². The van der Waals surface area contributed by atoms with E-state index in [2.05, 4.69) is 204 Å². The topological polar surface area (TPSA) is 8.17 Å². The number of rotatable bonds is 4. The van der Waals surface area contributed by atoms with E-state index in [1.54, 1.807) is 0 Å². The van der Waals surface area contributed by atoms with Gasteiger partial charge in [0.1, 0.15) is 0 Å². The van der Waals surface area contributed by atoms with Crippen LogP contribution in [0.4, 0.5) is 11.4 Å². The van der Waals surface area contributed by atoms with E-state index in [-0.39, 0.29) is 12.0 Å². The number of para-hydroxylation sites is 2. The number of benzene rings is 8. The molecule has 1 aliphatic carbocycles. The van der Waals surface area contributed by atoms with Gasteiger partial charge in [0, 0.05) is 39.3 Å². The van der Waals surface area contributed by atoms with Crippen molar-refractivity contribution in [3.8, 4) is 27.9 Å². The second kappa shape index (κ2) is 11.4. The van der Waals surface area contributed by atoms with Crippen LogP contribution in [-0.4, -0.2) is 10.6 Å². The van der Waals surface area contributed by atoms with Gasteiger partial charge in [0.15, 0.2) is 0 Å². The van der Waals surface area contributed by atoms with E-state index in [0.717, 1.165) is 0 Å². The summed E-state index contributed by atoms with van der Waals surface area (Å²) in [6.45, 7) is 0. The van der Waals surface area contributed by atoms with Gasteiger partial charge < -0.3 is 9.47 Å². The summed E-state index contributed by atoms with van der Waals surface area (Å²) in [5, 5.41) is 7.66. The summed E-state index contributed by atoms with van der Waals surface area (Å²) in [7, 11) is 0. The molecule has 11 rings (SSSR count). The van der Waals surface area contributed by atoms with E-state index in [9.17, 15) is 0 Å². The Labute approximate surface area is 302 Å². The molecule has 0 N–H and O–H groups in total. The number of hydrogen-bond acceptors (Lipinski definition) is 1. The van der Waals surface area contributed by atoms with E-state index < -0.39 is 0 Å². The molecule has 0 amide bonds. The number of anilines is 2. The highest BCUT2D eigenvalue weighted by atomic mass is 15.2. The number of hydrogen-bond donors (Lipinski definition) is 0. The highest BCUT2D eigenvalue weighted by Gasteiger charge is 2.40. The van der Waals surface area contributed by atoms with E-state index in [0.29, 0.717) is 0 Å². The van der Waals surface area contributed by atoms with E-state index in [1.807, 2.05) is 0 Å². The van der Waals surface area contributed by atoms with Crippen LogP contribution in [0.2, 0.25) is 0 Å². The van der Waals surface area contributed by atoms with Crippen LogP contribution in [0.3, 0.4) is 0 Å². The fraction of sp³-hybridized carbons (Fsp3) is 0.0400. The van der Waals surface area contributed by atoms with Crippen LogP contribution < -0.4 is 4.90 Å². The first kappa shape index (κ1) is 29.1. The lowest BCUT2D eigenvalue weighted by Gasteiger charge is -2.28. The van der Waals surface area contributed by atoms with E-state index in [4.69, 9.17) is 0 Å². The van der Waals surface area contributed by atoms with Gasteiger partial charge >= 0.3 is 0 Å². The molecular formula is C50H34N2. The van der Waals surface area contributed by atoms with Crippen LogP contribution in [0.1, 0.15) is 11.5 Å². The van der Waals surface area contributed by atoms with Crippen molar-refractivity contribution in [3.05, 3.63) is 200 Å². The summed E-state index contributed by atoms with van der Waals surface area (Å²) >= 11 is 0. The molecule has 2 unspecified atom stereocenters. The molecule has 1 aromatic heterocycles. The van der Waals surface area contributed by atoms with Crippen molar-refractivity contribution in [2.24, 2.45) is 0 Å². The minimum Gasteiger partial charge on any atom is -0.333 e. The van der Waals surface area contributed by atoms with Crippen LogP contribution in [-0.2, 0) is 0 Å². The van der Waals surface area contributed by atoms with Gasteiger partial charge in [-0.15, -0.1) is 0 Å². The first-order valence-electron chi connectivity index (χ1n) is 18.2. The third-order valence-electron chi connectivity index (χ3n) is 11.3. The Kier molecular flexibility index (Phi) is 6.41. The Hall–Kier alpha value is -6.64. The maximum Gasteiger partial charge on any atom is 0.0630 e. The van der Waals surface area contributed by atoms with Gasteiger partial charge in [-0.05, 0) is 80.2 Å². The normalized spacial score (nSPS) is 16.3. The van der Waals surface area contributed by atoms with Crippen molar-refractivity contribution in [1.82, 2.24) is 4.57 Å². The summed E-state index contributed by atoms with van der Waals surface area (Å²) < 4.78 is 2.51. The predicted octanol–water partition coefficient (Wildman–Crippen LogP) is 13.2. The zero-order chi connectivity index (χ0) is 34.2. The third kappa shape index (κ3) is 4.18. The molecule has 0 saturated heterocycles. The molecular weight excluding hydrogens is 629 g/mol. The second-order valence-corrected chi connectivity index (χ2v) is 14.0. The molecule has 9 aromatic rings. The average molecular weight is 663 g/mol. The lowest BCUT2D eigenvalue weighted by atomic mass is 9.86. The Balaban J connectivity index is 1.14. The Morgan fingerprint density at radius 3 is 1.58 bits per heavy atom. The average Bonchev–Trinajstić information content (AvgIpc) is 3.74. The lowest BCUT2D eigenvalue weighted by molar-refractivity contribution is 0.746. The SMILES string of the molecule is C1=CC2c3c(ccc4c5ccccc5n(-c5ccc(-c6c7ccccc7c(-c7ccccc7)c7ccccc67)cc5)c34)N(c3ccccc3)C2C=C1. The minimum atomic E-state index is 0.224. The second-order valence-electron chi connectivity index (χ2n) is 14.0. The van der Waals surface area contributed by atoms with Gasteiger partial charge in [0.05, 0.1) is 17.1 Å². The van der Waals surface area contributed by atoms with Crippen LogP contribution in [0.5, 0.6) is 0 Å². The molecule has 52 heavy (non-hydrogen) atoms. The predicted molar refractivity (Wildman–Crippen MR) is 220 cm³/mol. The van der Waals surface area contributed by atoms with Crippen molar-refractivity contribution in [1.29, 1.82) is 0 Å². The summed E-state index contributed by atoms with van der Waals surface area (Å²) in [5.74, 6) is 0.243. The van der Waals surface area contributed by atoms with E-state index >= 15 is 0 Å². The van der Waals surface area contributed by atoms with Crippen molar-refractivity contribution in [2.45, 2.75) is 12.0 Å². The fourth-order valence-corrected chi connectivity index (χ4v) is 9.18. The highest BCUT2D eigenvalue weighted by Crippen LogP contribution is 2.52. The Morgan fingerprint density at radius 2 is 0.923 bits per heavy atom. The van der Waals surface area contributed by atoms with E-state index in [1.165, 1.54) is 88.2 Å². The monoisotopic (exact) mass is 662 g/mol. The van der Waals surface area contributed by atoms with Crippen LogP contribution in [0, 0.1) is 0 Å². The van der Waals surface area contributed by atoms with Gasteiger partial charge in [0.25, 0.3) is 0 Å². The van der Waals surface area contributed by atoms with Gasteiger partial charge in [-0.3, -0.25) is 0 Å². The summed E-state index contributed by atoms with van der Waals surface area (Å²) in [5.41, 5.74) is 12.6. The smallest absolute Gasteiger partial charge is 0.0630 e. The number of aromatic nitrogens is 1. The molecule has 8 aromatic carbocycles. The summed E-state index contributed by atoms with van der Waals surface area (Å²) in [6.07, 6.45) is 9.18. The molecule has 2 aliphatic rings. The Bertz CT molecular complexity index is 2840. The Morgan fingerprint density at radius 1 is 0.385 bits per heavy atom. The lowest BCUT2D eigenvalue weighted by Crippen LogP contribution is -2.28. The molecule has 2 atom stereocenters.